The molecule has 0 spiro atoms. The number of carboxylic acid groups (broad SMARTS) is 1. The van der Waals surface area contributed by atoms with Crippen LogP contribution < -0.4 is 0 Å². The molecule has 0 heterocycles. The van der Waals surface area contributed by atoms with Crippen molar-refractivity contribution in [3.05, 3.63) is 34.9 Å². The smallest absolute Gasteiger partial charge is 0.391 e. The van der Waals surface area contributed by atoms with Crippen molar-refractivity contribution in [2.75, 3.05) is 6.61 Å². The summed E-state index contributed by atoms with van der Waals surface area (Å²) < 4.78 is 40.5. The standard InChI is InChI=1S/C12H13F3O3/c1-8-6-9(11(16)17)2-3-10(8)7-18-5-4-12(13,14)15/h2-3,6H,4-5,7H2,1H3,(H,16,17). The summed E-state index contributed by atoms with van der Waals surface area (Å²) in [5.74, 6) is -1.04. The lowest BCUT2D eigenvalue weighted by Crippen LogP contribution is -2.11. The summed E-state index contributed by atoms with van der Waals surface area (Å²) in [4.78, 5) is 10.7. The molecule has 0 radical (unpaired) electrons. The van der Waals surface area contributed by atoms with E-state index in [1.54, 1.807) is 13.0 Å². The largest absolute Gasteiger partial charge is 0.478 e. The number of rotatable bonds is 5. The molecule has 0 bridgehead atoms. The molecule has 1 rings (SSSR count). The Kier molecular flexibility index (Phi) is 4.72. The van der Waals surface area contributed by atoms with Crippen molar-refractivity contribution < 1.29 is 27.8 Å². The quantitative estimate of drug-likeness (QED) is 0.829. The van der Waals surface area contributed by atoms with Crippen LogP contribution in [0.1, 0.15) is 27.9 Å². The molecule has 0 aromatic heterocycles. The maximum Gasteiger partial charge on any atom is 0.391 e. The third kappa shape index (κ3) is 4.75. The second-order valence-electron chi connectivity index (χ2n) is 3.86. The zero-order valence-corrected chi connectivity index (χ0v) is 9.75. The first-order chi connectivity index (χ1) is 8.29. The predicted octanol–water partition coefficient (Wildman–Crippen LogP) is 3.16. The Morgan fingerprint density at radius 3 is 2.56 bits per heavy atom. The summed E-state index contributed by atoms with van der Waals surface area (Å²) >= 11 is 0. The molecule has 3 nitrogen and oxygen atoms in total. The van der Waals surface area contributed by atoms with Crippen LogP contribution in [-0.4, -0.2) is 23.9 Å². The topological polar surface area (TPSA) is 46.5 Å². The zero-order valence-electron chi connectivity index (χ0n) is 9.75. The zero-order chi connectivity index (χ0) is 13.8. The first-order valence-electron chi connectivity index (χ1n) is 5.27. The van der Waals surface area contributed by atoms with Gasteiger partial charge in [0.05, 0.1) is 25.2 Å². The van der Waals surface area contributed by atoms with Crippen molar-refractivity contribution >= 4 is 5.97 Å². The Bertz CT molecular complexity index is 427. The van der Waals surface area contributed by atoms with Crippen LogP contribution in [0.2, 0.25) is 0 Å². The molecule has 1 aromatic rings. The summed E-state index contributed by atoms with van der Waals surface area (Å²) in [7, 11) is 0. The van der Waals surface area contributed by atoms with E-state index < -0.39 is 25.2 Å². The molecule has 0 amide bonds. The molecule has 0 aliphatic heterocycles. The molecule has 0 atom stereocenters. The van der Waals surface area contributed by atoms with Gasteiger partial charge in [-0.3, -0.25) is 0 Å². The number of ether oxygens (including phenoxy) is 1. The van der Waals surface area contributed by atoms with Gasteiger partial charge in [-0.25, -0.2) is 4.79 Å². The third-order valence-electron chi connectivity index (χ3n) is 2.38. The molecule has 0 fully saturated rings. The maximum absolute atomic E-state index is 11.9. The van der Waals surface area contributed by atoms with Gasteiger partial charge in [-0.1, -0.05) is 6.07 Å². The van der Waals surface area contributed by atoms with Crippen LogP contribution in [0.15, 0.2) is 18.2 Å². The van der Waals surface area contributed by atoms with Gasteiger partial charge in [0.1, 0.15) is 0 Å². The number of hydrogen-bond acceptors (Lipinski definition) is 2. The summed E-state index contributed by atoms with van der Waals surface area (Å²) in [6.07, 6.45) is -5.21. The average molecular weight is 262 g/mol. The van der Waals surface area contributed by atoms with E-state index in [-0.39, 0.29) is 12.2 Å². The number of aryl methyl sites for hydroxylation is 1. The van der Waals surface area contributed by atoms with Crippen LogP contribution in [-0.2, 0) is 11.3 Å². The fourth-order valence-electron chi connectivity index (χ4n) is 1.36. The summed E-state index contributed by atoms with van der Waals surface area (Å²) in [5, 5.41) is 8.75. The summed E-state index contributed by atoms with van der Waals surface area (Å²) in [5.41, 5.74) is 1.51. The number of halogens is 3. The lowest BCUT2D eigenvalue weighted by Gasteiger charge is -2.09. The lowest BCUT2D eigenvalue weighted by molar-refractivity contribution is -0.146. The van der Waals surface area contributed by atoms with Crippen LogP contribution in [0, 0.1) is 6.92 Å². The number of benzene rings is 1. The Hall–Kier alpha value is -1.56. The van der Waals surface area contributed by atoms with E-state index in [4.69, 9.17) is 9.84 Å². The SMILES string of the molecule is Cc1cc(C(=O)O)ccc1COCCC(F)(F)F. The van der Waals surface area contributed by atoms with E-state index >= 15 is 0 Å². The van der Waals surface area contributed by atoms with Crippen molar-refractivity contribution in [3.63, 3.8) is 0 Å². The second kappa shape index (κ2) is 5.86. The van der Waals surface area contributed by atoms with Crippen molar-refractivity contribution in [1.82, 2.24) is 0 Å². The number of alkyl halides is 3. The molecule has 1 aromatic carbocycles. The minimum absolute atomic E-state index is 0.0435. The predicted molar refractivity (Wildman–Crippen MR) is 58.5 cm³/mol. The van der Waals surface area contributed by atoms with E-state index in [0.717, 1.165) is 0 Å². The first-order valence-corrected chi connectivity index (χ1v) is 5.27. The van der Waals surface area contributed by atoms with Crippen LogP contribution in [0.4, 0.5) is 13.2 Å². The van der Waals surface area contributed by atoms with Gasteiger partial charge in [0.25, 0.3) is 0 Å². The molecule has 1 N–H and O–H groups in total. The van der Waals surface area contributed by atoms with Crippen molar-refractivity contribution in [2.24, 2.45) is 0 Å². The first kappa shape index (κ1) is 14.5. The third-order valence-corrected chi connectivity index (χ3v) is 2.38. The van der Waals surface area contributed by atoms with Gasteiger partial charge in [0.15, 0.2) is 0 Å². The Morgan fingerprint density at radius 2 is 2.06 bits per heavy atom. The molecule has 18 heavy (non-hydrogen) atoms. The Balaban J connectivity index is 2.51. The maximum atomic E-state index is 11.9. The molecular formula is C12H13F3O3. The number of aromatic carboxylic acids is 1. The van der Waals surface area contributed by atoms with Crippen LogP contribution >= 0.6 is 0 Å². The lowest BCUT2D eigenvalue weighted by atomic mass is 10.1. The van der Waals surface area contributed by atoms with Crippen LogP contribution in [0.5, 0.6) is 0 Å². The normalized spacial score (nSPS) is 11.6. The minimum Gasteiger partial charge on any atom is -0.478 e. The highest BCUT2D eigenvalue weighted by atomic mass is 19.4. The molecule has 0 unspecified atom stereocenters. The van der Waals surface area contributed by atoms with E-state index in [1.807, 2.05) is 0 Å². The van der Waals surface area contributed by atoms with E-state index in [2.05, 4.69) is 0 Å². The second-order valence-corrected chi connectivity index (χ2v) is 3.86. The Labute approximate surface area is 102 Å². The number of carbonyl (C=O) groups is 1. The van der Waals surface area contributed by atoms with Crippen LogP contribution in [0.25, 0.3) is 0 Å². The van der Waals surface area contributed by atoms with Gasteiger partial charge in [-0.2, -0.15) is 13.2 Å². The highest BCUT2D eigenvalue weighted by Gasteiger charge is 2.26. The van der Waals surface area contributed by atoms with E-state index in [0.29, 0.717) is 11.1 Å². The van der Waals surface area contributed by atoms with Gasteiger partial charge < -0.3 is 9.84 Å². The molecular weight excluding hydrogens is 249 g/mol. The van der Waals surface area contributed by atoms with Gasteiger partial charge in [0.2, 0.25) is 0 Å². The monoisotopic (exact) mass is 262 g/mol. The summed E-state index contributed by atoms with van der Waals surface area (Å²) in [6.45, 7) is 1.33. The van der Waals surface area contributed by atoms with E-state index in [9.17, 15) is 18.0 Å². The molecule has 0 saturated heterocycles. The molecule has 0 aliphatic carbocycles. The number of carboxylic acids is 1. The van der Waals surface area contributed by atoms with Gasteiger partial charge >= 0.3 is 12.1 Å². The number of hydrogen-bond donors (Lipinski definition) is 1. The van der Waals surface area contributed by atoms with Gasteiger partial charge in [-0.15, -0.1) is 0 Å². The Morgan fingerprint density at radius 1 is 1.39 bits per heavy atom. The molecule has 0 saturated carbocycles. The highest BCUT2D eigenvalue weighted by Crippen LogP contribution is 2.19. The highest BCUT2D eigenvalue weighted by molar-refractivity contribution is 5.87. The van der Waals surface area contributed by atoms with Crippen molar-refractivity contribution in [2.45, 2.75) is 26.1 Å². The van der Waals surface area contributed by atoms with Crippen LogP contribution in [0.3, 0.4) is 0 Å². The fourth-order valence-corrected chi connectivity index (χ4v) is 1.36. The average Bonchev–Trinajstić information content (AvgIpc) is 2.24. The molecule has 100 valence electrons. The minimum atomic E-state index is -4.22. The molecule has 0 aliphatic rings. The van der Waals surface area contributed by atoms with E-state index in [1.165, 1.54) is 12.1 Å². The molecule has 6 heteroatoms. The van der Waals surface area contributed by atoms with Gasteiger partial charge in [0, 0.05) is 0 Å². The fraction of sp³-hybridized carbons (Fsp3) is 0.417. The van der Waals surface area contributed by atoms with Crippen molar-refractivity contribution in [3.8, 4) is 0 Å². The summed E-state index contributed by atoms with van der Waals surface area (Å²) in [6, 6.07) is 4.41. The van der Waals surface area contributed by atoms with Crippen molar-refractivity contribution in [1.29, 1.82) is 0 Å². The van der Waals surface area contributed by atoms with Gasteiger partial charge in [-0.05, 0) is 30.2 Å².